The molecule has 1 saturated carbocycles. The predicted molar refractivity (Wildman–Crippen MR) is 102 cm³/mol. The van der Waals surface area contributed by atoms with Crippen LogP contribution >= 0.6 is 11.6 Å². The third-order valence-corrected chi connectivity index (χ3v) is 5.25. The van der Waals surface area contributed by atoms with Crippen molar-refractivity contribution in [2.24, 2.45) is 5.92 Å². The number of rotatable bonds is 6. The minimum absolute atomic E-state index is 0.515. The molecule has 0 amide bonds. The smallest absolute Gasteiger partial charge is 0.127 e. The Kier molecular flexibility index (Phi) is 6.11. The molecule has 24 heavy (non-hydrogen) atoms. The average Bonchev–Trinajstić information content (AvgIpc) is 2.61. The molecule has 0 bridgehead atoms. The van der Waals surface area contributed by atoms with Crippen molar-refractivity contribution in [1.29, 1.82) is 0 Å². The molecule has 1 aromatic carbocycles. The highest BCUT2D eigenvalue weighted by Crippen LogP contribution is 2.27. The largest absolute Gasteiger partial charge is 0.367 e. The van der Waals surface area contributed by atoms with Crippen LogP contribution in [0.2, 0.25) is 5.02 Å². The van der Waals surface area contributed by atoms with Gasteiger partial charge in [-0.3, -0.25) is 0 Å². The number of aryl methyl sites for hydroxylation is 1. The number of hydrogen-bond donors (Lipinski definition) is 2. The van der Waals surface area contributed by atoms with Crippen LogP contribution in [0.25, 0.3) is 0 Å². The average molecular weight is 344 g/mol. The Morgan fingerprint density at radius 2 is 1.88 bits per heavy atom. The first-order valence-electron chi connectivity index (χ1n) is 8.84. The molecule has 0 unspecified atom stereocenters. The molecule has 1 aliphatic rings. The summed E-state index contributed by atoms with van der Waals surface area (Å²) < 4.78 is 0. The highest BCUT2D eigenvalue weighted by molar-refractivity contribution is 6.31. The van der Waals surface area contributed by atoms with E-state index < -0.39 is 0 Å². The molecule has 0 radical (unpaired) electrons. The van der Waals surface area contributed by atoms with Crippen LogP contribution in [0.5, 0.6) is 0 Å². The summed E-state index contributed by atoms with van der Waals surface area (Å²) in [6, 6.07) is 13.1. The third kappa shape index (κ3) is 4.96. The second kappa shape index (κ2) is 8.50. The molecule has 3 rings (SSSR count). The highest BCUT2D eigenvalue weighted by atomic mass is 35.5. The van der Waals surface area contributed by atoms with Gasteiger partial charge in [-0.2, -0.15) is 0 Å². The van der Waals surface area contributed by atoms with Crippen molar-refractivity contribution in [3.05, 3.63) is 58.7 Å². The molecule has 0 aliphatic heterocycles. The summed E-state index contributed by atoms with van der Waals surface area (Å²) in [5.74, 6) is 1.68. The Bertz CT molecular complexity index is 637. The van der Waals surface area contributed by atoms with Crippen molar-refractivity contribution in [3.63, 3.8) is 0 Å². The van der Waals surface area contributed by atoms with Crippen molar-refractivity contribution >= 4 is 17.4 Å². The third-order valence-electron chi connectivity index (χ3n) is 4.84. The molecular weight excluding hydrogens is 318 g/mol. The number of anilines is 1. The van der Waals surface area contributed by atoms with Crippen LogP contribution in [0.4, 0.5) is 5.82 Å². The fourth-order valence-corrected chi connectivity index (χ4v) is 3.47. The van der Waals surface area contributed by atoms with Gasteiger partial charge in [-0.1, -0.05) is 41.9 Å². The summed E-state index contributed by atoms with van der Waals surface area (Å²) in [6.07, 6.45) is 6.76. The maximum Gasteiger partial charge on any atom is 0.127 e. The minimum atomic E-state index is 0.515. The lowest BCUT2D eigenvalue weighted by Crippen LogP contribution is -2.31. The van der Waals surface area contributed by atoms with Gasteiger partial charge in [0.05, 0.1) is 0 Å². The number of benzene rings is 1. The normalized spacial score (nSPS) is 20.8. The van der Waals surface area contributed by atoms with Gasteiger partial charge in [0.25, 0.3) is 0 Å². The van der Waals surface area contributed by atoms with Crippen molar-refractivity contribution in [2.75, 3.05) is 11.9 Å². The molecule has 4 heteroatoms. The van der Waals surface area contributed by atoms with Gasteiger partial charge in [0.1, 0.15) is 5.82 Å². The van der Waals surface area contributed by atoms with Crippen LogP contribution in [-0.4, -0.2) is 17.6 Å². The number of nitrogens with zero attached hydrogens (tertiary/aromatic N) is 1. The van der Waals surface area contributed by atoms with Gasteiger partial charge in [0, 0.05) is 23.8 Å². The van der Waals surface area contributed by atoms with Crippen molar-refractivity contribution < 1.29 is 0 Å². The van der Waals surface area contributed by atoms with Gasteiger partial charge >= 0.3 is 0 Å². The molecule has 128 valence electrons. The molecule has 1 heterocycles. The van der Waals surface area contributed by atoms with E-state index in [2.05, 4.69) is 45.9 Å². The van der Waals surface area contributed by atoms with Gasteiger partial charge in [-0.25, -0.2) is 4.98 Å². The number of halogens is 1. The van der Waals surface area contributed by atoms with E-state index in [0.717, 1.165) is 35.4 Å². The molecule has 2 N–H and O–H groups in total. The Balaban J connectivity index is 1.38. The molecule has 0 atom stereocenters. The molecule has 3 nitrogen and oxygen atoms in total. The molecule has 0 saturated heterocycles. The van der Waals surface area contributed by atoms with E-state index in [1.54, 1.807) is 0 Å². The van der Waals surface area contributed by atoms with Crippen molar-refractivity contribution in [1.82, 2.24) is 10.3 Å². The van der Waals surface area contributed by atoms with E-state index in [1.807, 2.05) is 19.2 Å². The Hall–Kier alpha value is -1.58. The summed E-state index contributed by atoms with van der Waals surface area (Å²) in [5, 5.41) is 7.92. The van der Waals surface area contributed by atoms with E-state index in [1.165, 1.54) is 31.2 Å². The van der Waals surface area contributed by atoms with Crippen molar-refractivity contribution in [2.45, 2.75) is 45.2 Å². The quantitative estimate of drug-likeness (QED) is 0.790. The number of aromatic nitrogens is 1. The van der Waals surface area contributed by atoms with E-state index in [-0.39, 0.29) is 0 Å². The van der Waals surface area contributed by atoms with Gasteiger partial charge in [-0.05, 0) is 62.3 Å². The van der Waals surface area contributed by atoms with Crippen LogP contribution in [0.15, 0.2) is 42.6 Å². The first-order chi connectivity index (χ1) is 11.7. The summed E-state index contributed by atoms with van der Waals surface area (Å²) in [6.45, 7) is 4.05. The van der Waals surface area contributed by atoms with Crippen LogP contribution in [0, 0.1) is 12.8 Å². The summed E-state index contributed by atoms with van der Waals surface area (Å²) >= 11 is 6.17. The fraction of sp³-hybridized carbons (Fsp3) is 0.450. The van der Waals surface area contributed by atoms with Crippen molar-refractivity contribution in [3.8, 4) is 0 Å². The maximum atomic E-state index is 6.17. The zero-order chi connectivity index (χ0) is 16.8. The van der Waals surface area contributed by atoms with Gasteiger partial charge in [0.2, 0.25) is 0 Å². The molecule has 0 spiro atoms. The lowest BCUT2D eigenvalue weighted by atomic mass is 9.86. The lowest BCUT2D eigenvalue weighted by molar-refractivity contribution is 0.324. The van der Waals surface area contributed by atoms with Crippen LogP contribution < -0.4 is 10.6 Å². The minimum Gasteiger partial charge on any atom is -0.367 e. The van der Waals surface area contributed by atoms with Crippen LogP contribution in [0.3, 0.4) is 0 Å². The monoisotopic (exact) mass is 343 g/mol. The Morgan fingerprint density at radius 1 is 1.12 bits per heavy atom. The zero-order valence-electron chi connectivity index (χ0n) is 14.3. The van der Waals surface area contributed by atoms with Gasteiger partial charge in [-0.15, -0.1) is 0 Å². The first-order valence-corrected chi connectivity index (χ1v) is 9.22. The predicted octanol–water partition coefficient (Wildman–Crippen LogP) is 4.80. The number of nitrogens with one attached hydrogen (secondary N) is 2. The van der Waals surface area contributed by atoms with E-state index in [4.69, 9.17) is 11.6 Å². The second-order valence-corrected chi connectivity index (χ2v) is 7.20. The highest BCUT2D eigenvalue weighted by Gasteiger charge is 2.21. The van der Waals surface area contributed by atoms with Crippen LogP contribution in [0.1, 0.15) is 36.8 Å². The lowest BCUT2D eigenvalue weighted by Gasteiger charge is -2.29. The summed E-state index contributed by atoms with van der Waals surface area (Å²) in [4.78, 5) is 4.43. The molecule has 1 aliphatic carbocycles. The Morgan fingerprint density at radius 3 is 2.58 bits per heavy atom. The molecular formula is C20H26ClN3. The van der Waals surface area contributed by atoms with Crippen LogP contribution in [-0.2, 0) is 6.54 Å². The summed E-state index contributed by atoms with van der Waals surface area (Å²) in [7, 11) is 0. The van der Waals surface area contributed by atoms with Gasteiger partial charge < -0.3 is 10.6 Å². The van der Waals surface area contributed by atoms with E-state index >= 15 is 0 Å². The van der Waals surface area contributed by atoms with E-state index in [0.29, 0.717) is 6.04 Å². The standard InChI is InChI=1S/C20H26ClN3/c1-15-12-23-20(11-19(15)21)24-18-9-7-17(8-10-18)14-22-13-16-5-3-2-4-6-16/h2-6,11-12,17-18,22H,7-10,13-14H2,1H3,(H,23,24). The molecule has 1 fully saturated rings. The topological polar surface area (TPSA) is 37.0 Å². The zero-order valence-corrected chi connectivity index (χ0v) is 15.0. The molecule has 1 aromatic heterocycles. The maximum absolute atomic E-state index is 6.17. The van der Waals surface area contributed by atoms with Gasteiger partial charge in [0.15, 0.2) is 0 Å². The SMILES string of the molecule is Cc1cnc(NC2CCC(CNCc3ccccc3)CC2)cc1Cl. The number of hydrogen-bond acceptors (Lipinski definition) is 3. The molecule has 2 aromatic rings. The first kappa shape index (κ1) is 17.2. The fourth-order valence-electron chi connectivity index (χ4n) is 3.31. The van der Waals surface area contributed by atoms with E-state index in [9.17, 15) is 0 Å². The summed E-state index contributed by atoms with van der Waals surface area (Å²) in [5.41, 5.74) is 2.38. The second-order valence-electron chi connectivity index (χ2n) is 6.80. The Labute approximate surface area is 149 Å². The number of pyridine rings is 1.